The number of carbonyl (C=O) groups is 2. The fourth-order valence-corrected chi connectivity index (χ4v) is 4.04. The smallest absolute Gasteiger partial charge is 0.250 e. The Balaban J connectivity index is 1.69. The van der Waals surface area contributed by atoms with Gasteiger partial charge in [-0.15, -0.1) is 0 Å². The highest BCUT2D eigenvalue weighted by Gasteiger charge is 2.14. The fraction of sp³-hybridized carbons (Fsp3) is 0.318. The van der Waals surface area contributed by atoms with Gasteiger partial charge in [0.05, 0.1) is 28.0 Å². The van der Waals surface area contributed by atoms with E-state index in [1.165, 1.54) is 31.0 Å². The van der Waals surface area contributed by atoms with Crippen LogP contribution in [0.3, 0.4) is 0 Å². The summed E-state index contributed by atoms with van der Waals surface area (Å²) in [5.41, 5.74) is 8.13. The summed E-state index contributed by atoms with van der Waals surface area (Å²) in [5.74, 6) is -0.568. The Labute approximate surface area is 174 Å². The molecule has 0 aliphatic carbocycles. The molecule has 152 valence electrons. The summed E-state index contributed by atoms with van der Waals surface area (Å²) >= 11 is 1.40. The Morgan fingerprint density at radius 3 is 2.62 bits per heavy atom. The molecule has 7 heteroatoms. The number of anilines is 1. The van der Waals surface area contributed by atoms with Crippen molar-refractivity contribution >= 4 is 40.3 Å². The normalized spacial score (nSPS) is 10.9. The maximum atomic E-state index is 12.5. The number of imidazole rings is 1. The molecule has 0 aliphatic heterocycles. The van der Waals surface area contributed by atoms with Gasteiger partial charge in [0.25, 0.3) is 5.91 Å². The fourth-order valence-electron chi connectivity index (χ4n) is 3.20. The molecular formula is C22H26N4O2S. The van der Waals surface area contributed by atoms with Crippen molar-refractivity contribution in [3.63, 3.8) is 0 Å². The number of primary amides is 1. The molecule has 0 aliphatic rings. The summed E-state index contributed by atoms with van der Waals surface area (Å²) in [6, 6.07) is 14.8. The maximum absolute atomic E-state index is 12.5. The van der Waals surface area contributed by atoms with Gasteiger partial charge in [0.15, 0.2) is 5.16 Å². The van der Waals surface area contributed by atoms with Crippen LogP contribution in [0.4, 0.5) is 5.69 Å². The quantitative estimate of drug-likeness (QED) is 0.382. The van der Waals surface area contributed by atoms with Gasteiger partial charge in [-0.3, -0.25) is 9.59 Å². The van der Waals surface area contributed by atoms with Crippen LogP contribution >= 0.6 is 11.8 Å². The molecule has 6 nitrogen and oxygen atoms in total. The first kappa shape index (κ1) is 20.9. The SMILES string of the molecule is CCCCCCn1c(SCC(=O)Nc2ccccc2C(N)=O)nc2ccccc21. The number of para-hydroxylation sites is 3. The second-order valence-corrected chi connectivity index (χ2v) is 7.78. The summed E-state index contributed by atoms with van der Waals surface area (Å²) in [6.07, 6.45) is 4.67. The summed E-state index contributed by atoms with van der Waals surface area (Å²) in [4.78, 5) is 28.7. The molecule has 0 saturated carbocycles. The zero-order chi connectivity index (χ0) is 20.6. The number of thioether (sulfide) groups is 1. The first-order chi connectivity index (χ1) is 14.1. The zero-order valence-corrected chi connectivity index (χ0v) is 17.4. The van der Waals surface area contributed by atoms with Gasteiger partial charge >= 0.3 is 0 Å². The highest BCUT2D eigenvalue weighted by atomic mass is 32.2. The minimum absolute atomic E-state index is 0.200. The monoisotopic (exact) mass is 410 g/mol. The van der Waals surface area contributed by atoms with E-state index in [-0.39, 0.29) is 11.7 Å². The van der Waals surface area contributed by atoms with Crippen molar-refractivity contribution in [1.82, 2.24) is 9.55 Å². The van der Waals surface area contributed by atoms with Crippen LogP contribution in [0, 0.1) is 0 Å². The molecule has 2 amide bonds. The van der Waals surface area contributed by atoms with Crippen LogP contribution in [0.25, 0.3) is 11.0 Å². The predicted molar refractivity (Wildman–Crippen MR) is 118 cm³/mol. The Bertz CT molecular complexity index is 999. The molecule has 29 heavy (non-hydrogen) atoms. The van der Waals surface area contributed by atoms with Crippen LogP contribution in [0.2, 0.25) is 0 Å². The number of hydrogen-bond acceptors (Lipinski definition) is 4. The summed E-state index contributed by atoms with van der Waals surface area (Å²) in [5, 5.41) is 3.61. The van der Waals surface area contributed by atoms with E-state index in [0.717, 1.165) is 29.2 Å². The Morgan fingerprint density at radius 1 is 1.07 bits per heavy atom. The topological polar surface area (TPSA) is 90.0 Å². The van der Waals surface area contributed by atoms with Crippen LogP contribution in [0.15, 0.2) is 53.7 Å². The van der Waals surface area contributed by atoms with Crippen molar-refractivity contribution in [3.05, 3.63) is 54.1 Å². The van der Waals surface area contributed by atoms with Crippen molar-refractivity contribution < 1.29 is 9.59 Å². The van der Waals surface area contributed by atoms with E-state index in [1.54, 1.807) is 24.3 Å². The van der Waals surface area contributed by atoms with Crippen molar-refractivity contribution in [1.29, 1.82) is 0 Å². The standard InChI is InChI=1S/C22H26N4O2S/c1-2-3-4-9-14-26-19-13-8-7-12-18(19)25-22(26)29-15-20(27)24-17-11-6-5-10-16(17)21(23)28/h5-8,10-13H,2-4,9,14-15H2,1H3,(H2,23,28)(H,24,27). The lowest BCUT2D eigenvalue weighted by molar-refractivity contribution is -0.113. The molecule has 0 atom stereocenters. The lowest BCUT2D eigenvalue weighted by Crippen LogP contribution is -2.19. The molecule has 0 fully saturated rings. The van der Waals surface area contributed by atoms with E-state index in [9.17, 15) is 9.59 Å². The molecule has 3 N–H and O–H groups in total. The van der Waals surface area contributed by atoms with E-state index in [2.05, 4.69) is 22.9 Å². The van der Waals surface area contributed by atoms with Gasteiger partial charge in [-0.1, -0.05) is 62.2 Å². The average Bonchev–Trinajstić information content (AvgIpc) is 3.07. The molecule has 3 aromatic rings. The van der Waals surface area contributed by atoms with E-state index >= 15 is 0 Å². The molecule has 1 aromatic heterocycles. The number of carbonyl (C=O) groups excluding carboxylic acids is 2. The molecule has 0 unspecified atom stereocenters. The van der Waals surface area contributed by atoms with Crippen molar-refractivity contribution in [2.75, 3.05) is 11.1 Å². The van der Waals surface area contributed by atoms with E-state index < -0.39 is 5.91 Å². The zero-order valence-electron chi connectivity index (χ0n) is 16.6. The highest BCUT2D eigenvalue weighted by Crippen LogP contribution is 2.25. The molecule has 0 saturated heterocycles. The van der Waals surface area contributed by atoms with Crippen LogP contribution in [-0.2, 0) is 11.3 Å². The molecule has 3 rings (SSSR count). The number of unbranched alkanes of at least 4 members (excludes halogenated alkanes) is 3. The van der Waals surface area contributed by atoms with Gasteiger partial charge < -0.3 is 15.6 Å². The lowest BCUT2D eigenvalue weighted by atomic mass is 10.1. The van der Waals surface area contributed by atoms with Crippen molar-refractivity contribution in [2.24, 2.45) is 5.73 Å². The largest absolute Gasteiger partial charge is 0.366 e. The summed E-state index contributed by atoms with van der Waals surface area (Å²) in [7, 11) is 0. The van der Waals surface area contributed by atoms with Gasteiger partial charge in [0.1, 0.15) is 0 Å². The van der Waals surface area contributed by atoms with E-state index in [0.29, 0.717) is 11.3 Å². The second-order valence-electron chi connectivity index (χ2n) is 6.84. The van der Waals surface area contributed by atoms with Crippen molar-refractivity contribution in [3.8, 4) is 0 Å². The Kier molecular flexibility index (Phi) is 7.30. The summed E-state index contributed by atoms with van der Waals surface area (Å²) < 4.78 is 2.19. The number of fused-ring (bicyclic) bond motifs is 1. The molecule has 1 heterocycles. The number of rotatable bonds is 10. The van der Waals surface area contributed by atoms with Crippen LogP contribution in [0.1, 0.15) is 43.0 Å². The minimum Gasteiger partial charge on any atom is -0.366 e. The van der Waals surface area contributed by atoms with Crippen molar-refractivity contribution in [2.45, 2.75) is 44.3 Å². The number of aromatic nitrogens is 2. The summed E-state index contributed by atoms with van der Waals surface area (Å²) in [6.45, 7) is 3.08. The number of hydrogen-bond donors (Lipinski definition) is 2. The molecule has 0 radical (unpaired) electrons. The van der Waals surface area contributed by atoms with Gasteiger partial charge in [0, 0.05) is 6.54 Å². The number of benzene rings is 2. The van der Waals surface area contributed by atoms with Crippen LogP contribution in [0.5, 0.6) is 0 Å². The van der Waals surface area contributed by atoms with Gasteiger partial charge in [-0.2, -0.15) is 0 Å². The first-order valence-electron chi connectivity index (χ1n) is 9.87. The van der Waals surface area contributed by atoms with Gasteiger partial charge in [-0.05, 0) is 30.7 Å². The Hall–Kier alpha value is -2.80. The maximum Gasteiger partial charge on any atom is 0.250 e. The van der Waals surface area contributed by atoms with Gasteiger partial charge in [0.2, 0.25) is 5.91 Å². The number of nitrogens with two attached hydrogens (primary N) is 1. The van der Waals surface area contributed by atoms with E-state index in [4.69, 9.17) is 10.7 Å². The highest BCUT2D eigenvalue weighted by molar-refractivity contribution is 7.99. The Morgan fingerprint density at radius 2 is 1.83 bits per heavy atom. The number of nitrogens with one attached hydrogen (secondary N) is 1. The van der Waals surface area contributed by atoms with Crippen LogP contribution < -0.4 is 11.1 Å². The number of nitrogens with zero attached hydrogens (tertiary/aromatic N) is 2. The first-order valence-corrected chi connectivity index (χ1v) is 10.9. The minimum atomic E-state index is -0.567. The third-order valence-electron chi connectivity index (χ3n) is 4.65. The van der Waals surface area contributed by atoms with E-state index in [1.807, 2.05) is 18.2 Å². The van der Waals surface area contributed by atoms with Gasteiger partial charge in [-0.25, -0.2) is 4.98 Å². The lowest BCUT2D eigenvalue weighted by Gasteiger charge is -2.10. The average molecular weight is 411 g/mol. The third-order valence-corrected chi connectivity index (χ3v) is 5.63. The number of amides is 2. The molecular weight excluding hydrogens is 384 g/mol. The molecule has 0 bridgehead atoms. The second kappa shape index (κ2) is 10.1. The number of aryl methyl sites for hydroxylation is 1. The molecule has 0 spiro atoms. The van der Waals surface area contributed by atoms with Crippen LogP contribution in [-0.4, -0.2) is 27.1 Å². The predicted octanol–water partition coefficient (Wildman–Crippen LogP) is 4.45. The molecule has 2 aromatic carbocycles. The third kappa shape index (κ3) is 5.38.